The maximum absolute atomic E-state index is 13.7. The molecule has 1 aliphatic heterocycles. The summed E-state index contributed by atoms with van der Waals surface area (Å²) in [5, 5.41) is 21.9. The molecule has 2 aliphatic carbocycles. The van der Waals surface area contributed by atoms with E-state index < -0.39 is 23.6 Å². The number of nitrogens with zero attached hydrogens (tertiary/aromatic N) is 4. The molecule has 9 nitrogen and oxygen atoms in total. The first kappa shape index (κ1) is 23.2. The molecule has 5 atom stereocenters. The van der Waals surface area contributed by atoms with Gasteiger partial charge in [-0.1, -0.05) is 26.0 Å². The van der Waals surface area contributed by atoms with Gasteiger partial charge in [0.1, 0.15) is 12.1 Å². The van der Waals surface area contributed by atoms with Gasteiger partial charge in [-0.25, -0.2) is 4.68 Å². The molecular weight excluding hydrogens is 410 g/mol. The van der Waals surface area contributed by atoms with Gasteiger partial charge in [-0.15, -0.1) is 5.10 Å². The van der Waals surface area contributed by atoms with E-state index >= 15 is 0 Å². The second-order valence-corrected chi connectivity index (χ2v) is 11.3. The van der Waals surface area contributed by atoms with Crippen LogP contribution in [-0.4, -0.2) is 73.3 Å². The number of hydrogen-bond donors (Lipinski definition) is 2. The van der Waals surface area contributed by atoms with Crippen molar-refractivity contribution in [1.29, 1.82) is 0 Å². The first-order chi connectivity index (χ1) is 14.9. The van der Waals surface area contributed by atoms with E-state index in [2.05, 4.69) is 15.6 Å². The fourth-order valence-electron chi connectivity index (χ4n) is 4.81. The molecule has 9 heteroatoms. The van der Waals surface area contributed by atoms with E-state index in [1.165, 1.54) is 4.90 Å². The van der Waals surface area contributed by atoms with Crippen molar-refractivity contribution in [3.63, 3.8) is 0 Å². The highest BCUT2D eigenvalue weighted by Gasteiger charge is 2.54. The number of amides is 2. The predicted octanol–water partition coefficient (Wildman–Crippen LogP) is 1.78. The molecule has 0 radical (unpaired) electrons. The van der Waals surface area contributed by atoms with E-state index in [0.29, 0.717) is 5.92 Å². The fraction of sp³-hybridized carbons (Fsp3) is 0.826. The van der Waals surface area contributed by atoms with Crippen LogP contribution in [0.15, 0.2) is 6.20 Å². The quantitative estimate of drug-likeness (QED) is 0.659. The van der Waals surface area contributed by atoms with Crippen molar-refractivity contribution in [3.05, 3.63) is 11.9 Å². The Morgan fingerprint density at radius 3 is 2.59 bits per heavy atom. The van der Waals surface area contributed by atoms with Crippen LogP contribution in [0.25, 0.3) is 0 Å². The third-order valence-electron chi connectivity index (χ3n) is 6.71. The summed E-state index contributed by atoms with van der Waals surface area (Å²) in [7, 11) is 0. The van der Waals surface area contributed by atoms with Gasteiger partial charge in [-0.3, -0.25) is 9.59 Å². The zero-order chi connectivity index (χ0) is 23.4. The average Bonchev–Trinajstić information content (AvgIpc) is 3.50. The fourth-order valence-corrected chi connectivity index (χ4v) is 4.81. The molecule has 2 saturated carbocycles. The summed E-state index contributed by atoms with van der Waals surface area (Å²) in [6.45, 7) is 12.0. The monoisotopic (exact) mass is 447 g/mol. The Kier molecular flexibility index (Phi) is 5.86. The Morgan fingerprint density at radius 1 is 1.31 bits per heavy atom. The zero-order valence-electron chi connectivity index (χ0n) is 20.0. The third kappa shape index (κ3) is 4.69. The van der Waals surface area contributed by atoms with Crippen LogP contribution in [0.1, 0.15) is 84.9 Å². The maximum Gasteiger partial charge on any atom is 0.248 e. The number of aliphatic hydroxyl groups is 1. The van der Waals surface area contributed by atoms with Crippen molar-refractivity contribution in [1.82, 2.24) is 25.2 Å². The minimum absolute atomic E-state index is 0.0732. The molecule has 0 bridgehead atoms. The number of aromatic nitrogens is 3. The number of nitrogens with one attached hydrogen (secondary N) is 1. The van der Waals surface area contributed by atoms with Gasteiger partial charge in [0, 0.05) is 31.5 Å². The summed E-state index contributed by atoms with van der Waals surface area (Å²) in [5.41, 5.74) is 0.102. The molecule has 4 rings (SSSR count). The molecule has 1 aromatic rings. The summed E-state index contributed by atoms with van der Waals surface area (Å²) in [5.74, 6) is -0.00754. The van der Waals surface area contributed by atoms with E-state index in [-0.39, 0.29) is 42.5 Å². The zero-order valence-corrected chi connectivity index (χ0v) is 20.0. The van der Waals surface area contributed by atoms with E-state index in [9.17, 15) is 14.7 Å². The summed E-state index contributed by atoms with van der Waals surface area (Å²) in [6.07, 6.45) is 4.39. The van der Waals surface area contributed by atoms with Gasteiger partial charge in [0.2, 0.25) is 11.8 Å². The number of likely N-dealkylation sites (tertiary alicyclic amines) is 1. The number of carbonyl (C=O) groups is 2. The van der Waals surface area contributed by atoms with Crippen LogP contribution < -0.4 is 5.32 Å². The molecule has 1 aromatic heterocycles. The van der Waals surface area contributed by atoms with E-state index in [1.807, 2.05) is 47.7 Å². The Balaban J connectivity index is 1.50. The van der Waals surface area contributed by atoms with Crippen LogP contribution in [0.5, 0.6) is 0 Å². The van der Waals surface area contributed by atoms with Gasteiger partial charge in [-0.05, 0) is 39.0 Å². The third-order valence-corrected chi connectivity index (χ3v) is 6.71. The Labute approximate surface area is 189 Å². The van der Waals surface area contributed by atoms with E-state index in [0.717, 1.165) is 25.0 Å². The topological polar surface area (TPSA) is 110 Å². The minimum Gasteiger partial charge on any atom is -0.391 e. The van der Waals surface area contributed by atoms with Gasteiger partial charge in [0.05, 0.1) is 29.5 Å². The molecule has 1 saturated heterocycles. The van der Waals surface area contributed by atoms with E-state index in [1.54, 1.807) is 4.68 Å². The SMILES string of the molecule is CC(C)O[C@@]1(C)C[C@H]1NC(=O)[C@@H]1C[C@@H](O)CN1C(=O)[C@@H](n1cc(C2CC2)nn1)C(C)(C)C. The Hall–Kier alpha value is -2.00. The van der Waals surface area contributed by atoms with Gasteiger partial charge in [-0.2, -0.15) is 0 Å². The largest absolute Gasteiger partial charge is 0.391 e. The van der Waals surface area contributed by atoms with Crippen LogP contribution in [0.2, 0.25) is 0 Å². The van der Waals surface area contributed by atoms with Gasteiger partial charge >= 0.3 is 0 Å². The highest BCUT2D eigenvalue weighted by atomic mass is 16.5. The number of β-amino-alcohol motifs (C(OH)–C–C–N with tert-alkyl or cyclic N) is 1. The first-order valence-electron chi connectivity index (χ1n) is 11.8. The second kappa shape index (κ2) is 8.09. The molecule has 3 aliphatic rings. The first-order valence-corrected chi connectivity index (χ1v) is 11.8. The summed E-state index contributed by atoms with van der Waals surface area (Å²) >= 11 is 0. The van der Waals surface area contributed by atoms with Crippen molar-refractivity contribution in [2.45, 2.75) is 109 Å². The van der Waals surface area contributed by atoms with Crippen molar-refractivity contribution in [3.8, 4) is 0 Å². The lowest BCUT2D eigenvalue weighted by Gasteiger charge is -2.34. The van der Waals surface area contributed by atoms with Crippen molar-refractivity contribution < 1.29 is 19.4 Å². The summed E-state index contributed by atoms with van der Waals surface area (Å²) in [4.78, 5) is 28.4. The maximum atomic E-state index is 13.7. The van der Waals surface area contributed by atoms with Crippen LogP contribution in [0.3, 0.4) is 0 Å². The molecule has 32 heavy (non-hydrogen) atoms. The van der Waals surface area contributed by atoms with Crippen LogP contribution >= 0.6 is 0 Å². The highest BCUT2D eigenvalue weighted by molar-refractivity contribution is 5.90. The molecule has 3 fully saturated rings. The van der Waals surface area contributed by atoms with Crippen molar-refractivity contribution in [2.24, 2.45) is 5.41 Å². The molecular formula is C23H37N5O4. The lowest BCUT2D eigenvalue weighted by atomic mass is 9.85. The van der Waals surface area contributed by atoms with Crippen LogP contribution in [0.4, 0.5) is 0 Å². The molecule has 0 aromatic carbocycles. The van der Waals surface area contributed by atoms with Crippen molar-refractivity contribution >= 4 is 11.8 Å². The van der Waals surface area contributed by atoms with Crippen molar-refractivity contribution in [2.75, 3.05) is 6.54 Å². The molecule has 178 valence electrons. The van der Waals surface area contributed by atoms with Crippen LogP contribution in [0, 0.1) is 5.41 Å². The molecule has 2 heterocycles. The smallest absolute Gasteiger partial charge is 0.248 e. The lowest BCUT2D eigenvalue weighted by Crippen LogP contribution is -2.51. The molecule has 0 unspecified atom stereocenters. The lowest BCUT2D eigenvalue weighted by molar-refractivity contribution is -0.144. The number of ether oxygens (including phenoxy) is 1. The number of aliphatic hydroxyl groups excluding tert-OH is 1. The number of rotatable bonds is 7. The summed E-state index contributed by atoms with van der Waals surface area (Å²) < 4.78 is 7.57. The molecule has 2 N–H and O–H groups in total. The normalized spacial score (nSPS) is 31.1. The second-order valence-electron chi connectivity index (χ2n) is 11.3. The summed E-state index contributed by atoms with van der Waals surface area (Å²) in [6, 6.07) is -1.40. The standard InChI is InChI=1S/C23H37N5O4/c1-13(2)32-23(6)10-18(23)24-20(30)17-9-15(29)11-27(17)21(31)19(22(3,4)5)28-12-16(25-26-28)14-7-8-14/h12-15,17-19,29H,7-11H2,1-6H3,(H,24,30)/t15-,17+,18-,19-,23+/m1/s1. The van der Waals surface area contributed by atoms with Gasteiger partial charge in [0.25, 0.3) is 0 Å². The van der Waals surface area contributed by atoms with Crippen LogP contribution in [-0.2, 0) is 14.3 Å². The van der Waals surface area contributed by atoms with Gasteiger partial charge in [0.15, 0.2) is 0 Å². The number of carbonyl (C=O) groups excluding carboxylic acids is 2. The Bertz CT molecular complexity index is 874. The van der Waals surface area contributed by atoms with E-state index in [4.69, 9.17) is 4.74 Å². The number of hydrogen-bond acceptors (Lipinski definition) is 6. The average molecular weight is 448 g/mol. The predicted molar refractivity (Wildman–Crippen MR) is 118 cm³/mol. The molecule has 2 amide bonds. The minimum atomic E-state index is -0.731. The highest BCUT2D eigenvalue weighted by Crippen LogP contribution is 2.42. The Morgan fingerprint density at radius 2 is 2.00 bits per heavy atom. The molecule has 0 spiro atoms. The van der Waals surface area contributed by atoms with Gasteiger partial charge < -0.3 is 20.1 Å².